The Kier molecular flexibility index (Phi) is 8.93. The number of aliphatic carboxylic acids is 1. The number of aliphatic hydroxyl groups excluding tert-OH is 1. The predicted molar refractivity (Wildman–Crippen MR) is 74.4 cm³/mol. The average Bonchev–Trinajstić information content (AvgIpc) is 2.24. The number of aliphatic hydroxyl groups is 1. The van der Waals surface area contributed by atoms with Crippen molar-refractivity contribution in [2.24, 2.45) is 5.92 Å². The van der Waals surface area contributed by atoms with E-state index in [1.54, 1.807) is 12.2 Å². The summed E-state index contributed by atoms with van der Waals surface area (Å²) >= 11 is 0. The van der Waals surface area contributed by atoms with Gasteiger partial charge in [-0.1, -0.05) is 36.3 Å². The van der Waals surface area contributed by atoms with Crippen molar-refractivity contribution in [1.82, 2.24) is 0 Å². The molecule has 0 amide bonds. The highest BCUT2D eigenvalue weighted by Gasteiger charge is 2.02. The molecule has 0 aromatic rings. The molecule has 0 unspecified atom stereocenters. The van der Waals surface area contributed by atoms with Gasteiger partial charge in [0.05, 0.1) is 6.61 Å². The van der Waals surface area contributed by atoms with Crippen molar-refractivity contribution in [3.8, 4) is 0 Å². The summed E-state index contributed by atoms with van der Waals surface area (Å²) in [5, 5.41) is 17.2. The smallest absolute Gasteiger partial charge is 0.327 e. The second-order valence-electron chi connectivity index (χ2n) is 4.75. The van der Waals surface area contributed by atoms with E-state index in [0.29, 0.717) is 5.92 Å². The molecule has 3 heteroatoms. The predicted octanol–water partition coefficient (Wildman–Crippen LogP) is 3.32. The van der Waals surface area contributed by atoms with Gasteiger partial charge in [0, 0.05) is 6.08 Å². The number of allylic oxidation sites excluding steroid dienone is 4. The molecule has 0 fully saturated rings. The monoisotopic (exact) mass is 252 g/mol. The average molecular weight is 252 g/mol. The first kappa shape index (κ1) is 16.6. The van der Waals surface area contributed by atoms with Crippen molar-refractivity contribution in [2.75, 3.05) is 6.61 Å². The third-order valence-electron chi connectivity index (χ3n) is 2.64. The minimum atomic E-state index is -0.886. The van der Waals surface area contributed by atoms with E-state index in [1.807, 2.05) is 6.92 Å². The molecule has 0 aliphatic heterocycles. The second-order valence-corrected chi connectivity index (χ2v) is 4.75. The fourth-order valence-electron chi connectivity index (χ4n) is 1.87. The summed E-state index contributed by atoms with van der Waals surface area (Å²) in [4.78, 5) is 10.3. The van der Waals surface area contributed by atoms with Crippen LogP contribution in [0.25, 0.3) is 0 Å². The van der Waals surface area contributed by atoms with Crippen LogP contribution in [0, 0.1) is 5.92 Å². The first-order valence-corrected chi connectivity index (χ1v) is 6.30. The van der Waals surface area contributed by atoms with Crippen LogP contribution >= 0.6 is 0 Å². The molecule has 0 heterocycles. The third-order valence-corrected chi connectivity index (χ3v) is 2.64. The fraction of sp³-hybridized carbons (Fsp3) is 0.533. The third kappa shape index (κ3) is 9.85. The molecular formula is C15H24O3. The summed E-state index contributed by atoms with van der Waals surface area (Å²) in [5.74, 6) is -0.356. The van der Waals surface area contributed by atoms with Crippen molar-refractivity contribution in [1.29, 1.82) is 0 Å². The molecule has 0 rings (SSSR count). The maximum absolute atomic E-state index is 10.3. The van der Waals surface area contributed by atoms with Crippen LogP contribution < -0.4 is 0 Å². The molecule has 3 nitrogen and oxygen atoms in total. The summed E-state index contributed by atoms with van der Waals surface area (Å²) in [6.07, 6.45) is 9.55. The van der Waals surface area contributed by atoms with Crippen LogP contribution in [0.2, 0.25) is 0 Å². The second kappa shape index (κ2) is 9.66. The normalized spacial score (nSPS) is 15.1. The zero-order valence-electron chi connectivity index (χ0n) is 11.5. The van der Waals surface area contributed by atoms with E-state index in [-0.39, 0.29) is 6.61 Å². The summed E-state index contributed by atoms with van der Waals surface area (Å²) < 4.78 is 0. The molecule has 0 bridgehead atoms. The molecule has 0 aliphatic rings. The van der Waals surface area contributed by atoms with Crippen molar-refractivity contribution >= 4 is 5.97 Å². The van der Waals surface area contributed by atoms with E-state index in [1.165, 1.54) is 11.6 Å². The Hall–Kier alpha value is -1.35. The van der Waals surface area contributed by atoms with Gasteiger partial charge in [0.1, 0.15) is 0 Å². The highest BCUT2D eigenvalue weighted by atomic mass is 16.4. The molecule has 0 saturated heterocycles. The van der Waals surface area contributed by atoms with Crippen molar-refractivity contribution < 1.29 is 15.0 Å². The van der Waals surface area contributed by atoms with Crippen LogP contribution in [0.1, 0.15) is 40.0 Å². The van der Waals surface area contributed by atoms with Gasteiger partial charge in [-0.15, -0.1) is 0 Å². The fourth-order valence-corrected chi connectivity index (χ4v) is 1.87. The lowest BCUT2D eigenvalue weighted by Gasteiger charge is -2.10. The van der Waals surface area contributed by atoms with Crippen LogP contribution in [0.4, 0.5) is 0 Å². The SMILES string of the molecule is CC(=C\CO)/C=C(\C)C[C@H](C)CC/C=C\C(=O)O. The van der Waals surface area contributed by atoms with Crippen LogP contribution in [0.5, 0.6) is 0 Å². The number of carbonyl (C=O) groups is 1. The van der Waals surface area contributed by atoms with Gasteiger partial charge in [0.15, 0.2) is 0 Å². The number of carboxylic acids is 1. The molecule has 2 N–H and O–H groups in total. The van der Waals surface area contributed by atoms with Gasteiger partial charge in [-0.05, 0) is 39.0 Å². The first-order valence-electron chi connectivity index (χ1n) is 6.30. The molecule has 0 radical (unpaired) electrons. The van der Waals surface area contributed by atoms with Crippen molar-refractivity contribution in [3.05, 3.63) is 35.5 Å². The Labute approximate surface area is 110 Å². The molecule has 1 atom stereocenters. The van der Waals surface area contributed by atoms with Crippen molar-refractivity contribution in [3.63, 3.8) is 0 Å². The quantitative estimate of drug-likeness (QED) is 0.514. The van der Waals surface area contributed by atoms with Gasteiger partial charge in [-0.3, -0.25) is 0 Å². The first-order chi connectivity index (χ1) is 8.45. The number of hydrogen-bond acceptors (Lipinski definition) is 2. The summed E-state index contributed by atoms with van der Waals surface area (Å²) in [5.41, 5.74) is 2.36. The Morgan fingerprint density at radius 1 is 1.33 bits per heavy atom. The summed E-state index contributed by atoms with van der Waals surface area (Å²) in [6, 6.07) is 0. The Morgan fingerprint density at radius 2 is 2.00 bits per heavy atom. The topological polar surface area (TPSA) is 57.5 Å². The number of carboxylic acid groups (broad SMARTS) is 1. The van der Waals surface area contributed by atoms with Gasteiger partial charge >= 0.3 is 5.97 Å². The Morgan fingerprint density at radius 3 is 2.56 bits per heavy atom. The molecule has 0 aromatic carbocycles. The van der Waals surface area contributed by atoms with Crippen LogP contribution in [-0.4, -0.2) is 22.8 Å². The van der Waals surface area contributed by atoms with E-state index < -0.39 is 5.97 Å². The van der Waals surface area contributed by atoms with E-state index in [2.05, 4.69) is 19.9 Å². The van der Waals surface area contributed by atoms with E-state index in [0.717, 1.165) is 24.8 Å². The zero-order valence-corrected chi connectivity index (χ0v) is 11.5. The highest BCUT2D eigenvalue weighted by molar-refractivity contribution is 5.79. The molecule has 0 saturated carbocycles. The summed E-state index contributed by atoms with van der Waals surface area (Å²) in [6.45, 7) is 6.29. The number of rotatable bonds is 8. The van der Waals surface area contributed by atoms with Gasteiger partial charge in [-0.2, -0.15) is 0 Å². The van der Waals surface area contributed by atoms with Gasteiger partial charge in [-0.25, -0.2) is 4.79 Å². The van der Waals surface area contributed by atoms with E-state index >= 15 is 0 Å². The van der Waals surface area contributed by atoms with E-state index in [4.69, 9.17) is 10.2 Å². The lowest BCUT2D eigenvalue weighted by Crippen LogP contribution is -1.95. The minimum absolute atomic E-state index is 0.0746. The summed E-state index contributed by atoms with van der Waals surface area (Å²) in [7, 11) is 0. The highest BCUT2D eigenvalue weighted by Crippen LogP contribution is 2.17. The molecule has 0 spiro atoms. The lowest BCUT2D eigenvalue weighted by atomic mass is 9.96. The molecule has 0 aliphatic carbocycles. The number of hydrogen-bond donors (Lipinski definition) is 2. The zero-order chi connectivity index (χ0) is 14.0. The maximum Gasteiger partial charge on any atom is 0.327 e. The Balaban J connectivity index is 4.04. The standard InChI is InChI=1S/C15H24O3/c1-12(6-4-5-7-15(17)18)10-14(3)11-13(2)8-9-16/h5,7-8,11-12,16H,4,6,9-10H2,1-3H3,(H,17,18)/b7-5-,13-8+,14-11+/t12-/m1/s1. The van der Waals surface area contributed by atoms with E-state index in [9.17, 15) is 4.79 Å². The maximum atomic E-state index is 10.3. The molecule has 0 aromatic heterocycles. The molecule has 18 heavy (non-hydrogen) atoms. The molecular weight excluding hydrogens is 228 g/mol. The van der Waals surface area contributed by atoms with Gasteiger partial charge in [0.2, 0.25) is 0 Å². The molecule has 102 valence electrons. The lowest BCUT2D eigenvalue weighted by molar-refractivity contribution is -0.131. The Bertz CT molecular complexity index is 338. The van der Waals surface area contributed by atoms with Crippen LogP contribution in [0.3, 0.4) is 0 Å². The largest absolute Gasteiger partial charge is 0.478 e. The van der Waals surface area contributed by atoms with Crippen LogP contribution in [0.15, 0.2) is 35.5 Å². The minimum Gasteiger partial charge on any atom is -0.478 e. The van der Waals surface area contributed by atoms with Gasteiger partial charge < -0.3 is 10.2 Å². The van der Waals surface area contributed by atoms with Crippen LogP contribution in [-0.2, 0) is 4.79 Å². The van der Waals surface area contributed by atoms with Gasteiger partial charge in [0.25, 0.3) is 0 Å². The van der Waals surface area contributed by atoms with Crippen molar-refractivity contribution in [2.45, 2.75) is 40.0 Å².